The normalized spacial score (nSPS) is 9.94. The summed E-state index contributed by atoms with van der Waals surface area (Å²) in [5, 5.41) is 0. The molecule has 1 rings (SSSR count). The molecule has 16 heavy (non-hydrogen) atoms. The first-order valence-electron chi connectivity index (χ1n) is 4.48. The predicted octanol–water partition coefficient (Wildman–Crippen LogP) is 3.28. The lowest BCUT2D eigenvalue weighted by Gasteiger charge is -2.10. The zero-order chi connectivity index (χ0) is 12.1. The second-order valence-corrected chi connectivity index (χ2v) is 5.22. The lowest BCUT2D eigenvalue weighted by Crippen LogP contribution is -2.12. The molecule has 1 aromatic rings. The van der Waals surface area contributed by atoms with E-state index < -0.39 is 0 Å². The van der Waals surface area contributed by atoms with Crippen LogP contribution in [0, 0.1) is 0 Å². The Labute approximate surface area is 117 Å². The fraction of sp³-hybridized carbons (Fsp3) is 0.300. The van der Waals surface area contributed by atoms with E-state index in [2.05, 4.69) is 31.9 Å². The van der Waals surface area contributed by atoms with E-state index in [0.717, 1.165) is 20.4 Å². The number of benzene rings is 1. The van der Waals surface area contributed by atoms with E-state index >= 15 is 0 Å². The van der Waals surface area contributed by atoms with Crippen molar-refractivity contribution in [2.24, 2.45) is 5.73 Å². The Balaban J connectivity index is 2.73. The molecule has 6 heteroatoms. The minimum Gasteiger partial charge on any atom is -0.496 e. The quantitative estimate of drug-likeness (QED) is 0.810. The van der Waals surface area contributed by atoms with Crippen LogP contribution < -0.4 is 15.2 Å². The number of hydrogen-bond donors (Lipinski definition) is 1. The summed E-state index contributed by atoms with van der Waals surface area (Å²) in [4.78, 5) is 0.448. The Morgan fingerprint density at radius 3 is 2.44 bits per heavy atom. The summed E-state index contributed by atoms with van der Waals surface area (Å²) in [6.07, 6.45) is 0.561. The third kappa shape index (κ3) is 3.92. The van der Waals surface area contributed by atoms with Crippen molar-refractivity contribution in [3.63, 3.8) is 0 Å². The monoisotopic (exact) mass is 367 g/mol. The van der Waals surface area contributed by atoms with Crippen molar-refractivity contribution < 1.29 is 9.47 Å². The SMILES string of the molecule is COc1cc(Br)c(OCCC(N)=S)cc1Br. The molecule has 0 saturated heterocycles. The van der Waals surface area contributed by atoms with Crippen LogP contribution in [0.2, 0.25) is 0 Å². The zero-order valence-electron chi connectivity index (χ0n) is 8.63. The molecule has 0 aliphatic carbocycles. The molecule has 0 aromatic heterocycles. The van der Waals surface area contributed by atoms with Crippen molar-refractivity contribution in [2.45, 2.75) is 6.42 Å². The van der Waals surface area contributed by atoms with E-state index in [4.69, 9.17) is 27.4 Å². The molecule has 0 amide bonds. The van der Waals surface area contributed by atoms with Gasteiger partial charge < -0.3 is 15.2 Å². The van der Waals surface area contributed by atoms with Gasteiger partial charge in [0.05, 0.1) is 27.7 Å². The Bertz CT molecular complexity index is 399. The summed E-state index contributed by atoms with van der Waals surface area (Å²) >= 11 is 11.6. The van der Waals surface area contributed by atoms with Gasteiger partial charge in [0.25, 0.3) is 0 Å². The molecule has 1 aromatic carbocycles. The summed E-state index contributed by atoms with van der Waals surface area (Å²) in [7, 11) is 1.61. The molecule has 0 saturated carbocycles. The topological polar surface area (TPSA) is 44.5 Å². The highest BCUT2D eigenvalue weighted by Crippen LogP contribution is 2.35. The van der Waals surface area contributed by atoms with Crippen LogP contribution in [0.15, 0.2) is 21.1 Å². The van der Waals surface area contributed by atoms with Gasteiger partial charge >= 0.3 is 0 Å². The van der Waals surface area contributed by atoms with E-state index in [1.54, 1.807) is 7.11 Å². The highest BCUT2D eigenvalue weighted by Gasteiger charge is 2.08. The van der Waals surface area contributed by atoms with Crippen molar-refractivity contribution in [1.29, 1.82) is 0 Å². The number of halogens is 2. The number of nitrogens with two attached hydrogens (primary N) is 1. The zero-order valence-corrected chi connectivity index (χ0v) is 12.6. The Morgan fingerprint density at radius 1 is 1.31 bits per heavy atom. The number of hydrogen-bond acceptors (Lipinski definition) is 3. The van der Waals surface area contributed by atoms with Crippen LogP contribution in [0.5, 0.6) is 11.5 Å². The van der Waals surface area contributed by atoms with Crippen LogP contribution in [0.1, 0.15) is 6.42 Å². The molecule has 0 atom stereocenters. The van der Waals surface area contributed by atoms with Gasteiger partial charge in [-0.3, -0.25) is 0 Å². The van der Waals surface area contributed by atoms with Gasteiger partial charge in [0.2, 0.25) is 0 Å². The summed E-state index contributed by atoms with van der Waals surface area (Å²) < 4.78 is 12.3. The first-order chi connectivity index (χ1) is 7.54. The lowest BCUT2D eigenvalue weighted by molar-refractivity contribution is 0.326. The molecule has 0 aliphatic rings. The number of methoxy groups -OCH3 is 1. The van der Waals surface area contributed by atoms with Crippen molar-refractivity contribution >= 4 is 49.1 Å². The standard InChI is InChI=1S/C10H11Br2NO2S/c1-14-8-4-7(12)9(5-6(8)11)15-3-2-10(13)16/h4-5H,2-3H2,1H3,(H2,13,16). The maximum atomic E-state index is 5.53. The molecule has 0 radical (unpaired) electrons. The third-order valence-corrected chi connectivity index (χ3v) is 3.26. The van der Waals surface area contributed by atoms with Crippen LogP contribution in [0.3, 0.4) is 0 Å². The minimum atomic E-state index is 0.448. The van der Waals surface area contributed by atoms with E-state index in [-0.39, 0.29) is 0 Å². The average molecular weight is 369 g/mol. The molecule has 0 fully saturated rings. The van der Waals surface area contributed by atoms with Crippen LogP contribution >= 0.6 is 44.1 Å². The van der Waals surface area contributed by atoms with E-state index in [1.807, 2.05) is 12.1 Å². The second-order valence-electron chi connectivity index (χ2n) is 2.98. The van der Waals surface area contributed by atoms with Crippen LogP contribution in [-0.2, 0) is 0 Å². The third-order valence-electron chi connectivity index (χ3n) is 1.81. The van der Waals surface area contributed by atoms with Gasteiger partial charge in [0.15, 0.2) is 0 Å². The maximum Gasteiger partial charge on any atom is 0.134 e. The largest absolute Gasteiger partial charge is 0.496 e. The molecule has 0 spiro atoms. The first kappa shape index (κ1) is 13.7. The first-order valence-corrected chi connectivity index (χ1v) is 6.48. The second kappa shape index (κ2) is 6.42. The molecule has 2 N–H and O–H groups in total. The van der Waals surface area contributed by atoms with E-state index in [0.29, 0.717) is 18.0 Å². The Morgan fingerprint density at radius 2 is 1.88 bits per heavy atom. The van der Waals surface area contributed by atoms with Crippen molar-refractivity contribution in [3.8, 4) is 11.5 Å². The minimum absolute atomic E-state index is 0.448. The molecule has 88 valence electrons. The molecule has 0 aliphatic heterocycles. The van der Waals surface area contributed by atoms with Gasteiger partial charge in [-0.25, -0.2) is 0 Å². The van der Waals surface area contributed by atoms with Crippen molar-refractivity contribution in [3.05, 3.63) is 21.1 Å². The predicted molar refractivity (Wildman–Crippen MR) is 75.3 cm³/mol. The van der Waals surface area contributed by atoms with Crippen molar-refractivity contribution in [2.75, 3.05) is 13.7 Å². The summed E-state index contributed by atoms with van der Waals surface area (Å²) in [6, 6.07) is 3.67. The van der Waals surface area contributed by atoms with Gasteiger partial charge in [-0.1, -0.05) is 12.2 Å². The van der Waals surface area contributed by atoms with Crippen LogP contribution in [-0.4, -0.2) is 18.7 Å². The van der Waals surface area contributed by atoms with Gasteiger partial charge in [0.1, 0.15) is 11.5 Å². The fourth-order valence-corrected chi connectivity index (χ4v) is 2.04. The molecule has 0 unspecified atom stereocenters. The highest BCUT2D eigenvalue weighted by atomic mass is 79.9. The van der Waals surface area contributed by atoms with Crippen molar-refractivity contribution in [1.82, 2.24) is 0 Å². The average Bonchev–Trinajstić information content (AvgIpc) is 2.22. The smallest absolute Gasteiger partial charge is 0.134 e. The molecular weight excluding hydrogens is 358 g/mol. The van der Waals surface area contributed by atoms with Gasteiger partial charge in [-0.05, 0) is 44.0 Å². The van der Waals surface area contributed by atoms with E-state index in [1.165, 1.54) is 0 Å². The summed E-state index contributed by atoms with van der Waals surface area (Å²) in [5.74, 6) is 1.47. The Kier molecular flexibility index (Phi) is 5.51. The van der Waals surface area contributed by atoms with Gasteiger partial charge in [0, 0.05) is 6.42 Å². The Hall–Kier alpha value is -0.330. The number of thiocarbonyl (C=S) groups is 1. The fourth-order valence-electron chi connectivity index (χ4n) is 1.04. The van der Waals surface area contributed by atoms with E-state index in [9.17, 15) is 0 Å². The highest BCUT2D eigenvalue weighted by molar-refractivity contribution is 9.11. The number of ether oxygens (including phenoxy) is 2. The van der Waals surface area contributed by atoms with Crippen LogP contribution in [0.25, 0.3) is 0 Å². The summed E-state index contributed by atoms with van der Waals surface area (Å²) in [5.41, 5.74) is 5.38. The van der Waals surface area contributed by atoms with Gasteiger partial charge in [-0.15, -0.1) is 0 Å². The summed E-state index contributed by atoms with van der Waals surface area (Å²) in [6.45, 7) is 0.465. The molecule has 3 nitrogen and oxygen atoms in total. The maximum absolute atomic E-state index is 5.53. The molecule has 0 heterocycles. The number of rotatable bonds is 5. The van der Waals surface area contributed by atoms with Crippen LogP contribution in [0.4, 0.5) is 0 Å². The molecular formula is C10H11Br2NO2S. The van der Waals surface area contributed by atoms with Gasteiger partial charge in [-0.2, -0.15) is 0 Å². The molecule has 0 bridgehead atoms. The lowest BCUT2D eigenvalue weighted by atomic mass is 10.3.